The SMILES string of the molecule is CC(N)C(C)C(=O)N1CCN(CC(=O)Nc2ccccc2)CC1. The average molecular weight is 318 g/mol. The molecule has 2 amide bonds. The van der Waals surface area contributed by atoms with Crippen molar-refractivity contribution in [1.29, 1.82) is 0 Å². The third kappa shape index (κ3) is 5.04. The summed E-state index contributed by atoms with van der Waals surface area (Å²) >= 11 is 0. The van der Waals surface area contributed by atoms with Gasteiger partial charge in [0, 0.05) is 37.9 Å². The van der Waals surface area contributed by atoms with Crippen LogP contribution >= 0.6 is 0 Å². The minimum Gasteiger partial charge on any atom is -0.340 e. The second-order valence-electron chi connectivity index (χ2n) is 6.16. The number of rotatable bonds is 5. The van der Waals surface area contributed by atoms with Gasteiger partial charge in [0.15, 0.2) is 0 Å². The number of piperazine rings is 1. The van der Waals surface area contributed by atoms with Gasteiger partial charge in [-0.25, -0.2) is 0 Å². The summed E-state index contributed by atoms with van der Waals surface area (Å²) in [7, 11) is 0. The predicted octanol–water partition coefficient (Wildman–Crippen LogP) is 0.753. The zero-order valence-corrected chi connectivity index (χ0v) is 13.9. The van der Waals surface area contributed by atoms with Gasteiger partial charge in [-0.3, -0.25) is 14.5 Å². The molecule has 1 aliphatic heterocycles. The van der Waals surface area contributed by atoms with Crippen LogP contribution in [0.1, 0.15) is 13.8 Å². The summed E-state index contributed by atoms with van der Waals surface area (Å²) in [4.78, 5) is 28.2. The third-order valence-corrected chi connectivity index (χ3v) is 4.29. The Balaban J connectivity index is 1.76. The third-order valence-electron chi connectivity index (χ3n) is 4.29. The number of amides is 2. The molecule has 1 saturated heterocycles. The first-order valence-electron chi connectivity index (χ1n) is 8.09. The number of nitrogens with two attached hydrogens (primary N) is 1. The average Bonchev–Trinajstić information content (AvgIpc) is 2.55. The Morgan fingerprint density at radius 2 is 1.74 bits per heavy atom. The van der Waals surface area contributed by atoms with Crippen LogP contribution in [0.2, 0.25) is 0 Å². The number of nitrogens with zero attached hydrogens (tertiary/aromatic N) is 2. The molecule has 126 valence electrons. The van der Waals surface area contributed by atoms with Gasteiger partial charge in [0.05, 0.1) is 12.5 Å². The summed E-state index contributed by atoms with van der Waals surface area (Å²) in [5.74, 6) is -0.0868. The predicted molar refractivity (Wildman–Crippen MR) is 90.9 cm³/mol. The van der Waals surface area contributed by atoms with Gasteiger partial charge in [0.25, 0.3) is 0 Å². The molecule has 0 spiro atoms. The number of anilines is 1. The van der Waals surface area contributed by atoms with Crippen molar-refractivity contribution in [3.05, 3.63) is 30.3 Å². The molecule has 1 aromatic carbocycles. The summed E-state index contributed by atoms with van der Waals surface area (Å²) in [5, 5.41) is 2.88. The Labute approximate surface area is 137 Å². The summed E-state index contributed by atoms with van der Waals surface area (Å²) < 4.78 is 0. The molecule has 1 fully saturated rings. The summed E-state index contributed by atoms with van der Waals surface area (Å²) in [6.45, 7) is 6.78. The van der Waals surface area contributed by atoms with Gasteiger partial charge in [-0.15, -0.1) is 0 Å². The monoisotopic (exact) mass is 318 g/mol. The van der Waals surface area contributed by atoms with Crippen LogP contribution in [-0.4, -0.2) is 60.4 Å². The standard InChI is InChI=1S/C17H26N4O2/c1-13(14(2)18)17(23)21-10-8-20(9-11-21)12-16(22)19-15-6-4-3-5-7-15/h3-7,13-14H,8-12,18H2,1-2H3,(H,19,22). The highest BCUT2D eigenvalue weighted by Crippen LogP contribution is 2.10. The number of benzene rings is 1. The van der Waals surface area contributed by atoms with E-state index in [1.165, 1.54) is 0 Å². The quantitative estimate of drug-likeness (QED) is 0.840. The number of hydrogen-bond acceptors (Lipinski definition) is 4. The van der Waals surface area contributed by atoms with Crippen LogP contribution < -0.4 is 11.1 Å². The van der Waals surface area contributed by atoms with Crippen molar-refractivity contribution in [1.82, 2.24) is 9.80 Å². The lowest BCUT2D eigenvalue weighted by molar-refractivity contribution is -0.137. The van der Waals surface area contributed by atoms with Crippen LogP contribution in [0.15, 0.2) is 30.3 Å². The maximum Gasteiger partial charge on any atom is 0.238 e. The lowest BCUT2D eigenvalue weighted by atomic mass is 10.0. The Bertz CT molecular complexity index is 525. The minimum atomic E-state index is -0.164. The molecule has 0 bridgehead atoms. The Morgan fingerprint density at radius 1 is 1.13 bits per heavy atom. The smallest absolute Gasteiger partial charge is 0.238 e. The lowest BCUT2D eigenvalue weighted by Gasteiger charge is -2.36. The van der Waals surface area contributed by atoms with E-state index in [4.69, 9.17) is 5.73 Å². The molecule has 1 aliphatic rings. The van der Waals surface area contributed by atoms with Crippen LogP contribution in [0.5, 0.6) is 0 Å². The van der Waals surface area contributed by atoms with Crippen molar-refractivity contribution in [3.63, 3.8) is 0 Å². The van der Waals surface area contributed by atoms with E-state index in [1.807, 2.05) is 49.1 Å². The molecule has 6 nitrogen and oxygen atoms in total. The van der Waals surface area contributed by atoms with Crippen molar-refractivity contribution < 1.29 is 9.59 Å². The van der Waals surface area contributed by atoms with Crippen molar-refractivity contribution in [2.75, 3.05) is 38.0 Å². The highest BCUT2D eigenvalue weighted by atomic mass is 16.2. The fourth-order valence-electron chi connectivity index (χ4n) is 2.56. The van der Waals surface area contributed by atoms with Crippen LogP contribution in [0, 0.1) is 5.92 Å². The lowest BCUT2D eigenvalue weighted by Crippen LogP contribution is -2.53. The molecule has 3 N–H and O–H groups in total. The molecule has 0 aliphatic carbocycles. The zero-order chi connectivity index (χ0) is 16.8. The van der Waals surface area contributed by atoms with E-state index in [0.29, 0.717) is 32.7 Å². The Morgan fingerprint density at radius 3 is 2.30 bits per heavy atom. The van der Waals surface area contributed by atoms with Crippen molar-refractivity contribution in [3.8, 4) is 0 Å². The Hall–Kier alpha value is -1.92. The normalized spacial score (nSPS) is 18.3. The largest absolute Gasteiger partial charge is 0.340 e. The van der Waals surface area contributed by atoms with E-state index in [9.17, 15) is 9.59 Å². The van der Waals surface area contributed by atoms with Gasteiger partial charge in [-0.05, 0) is 19.1 Å². The van der Waals surface area contributed by atoms with E-state index in [-0.39, 0.29) is 23.8 Å². The first-order chi connectivity index (χ1) is 11.0. The summed E-state index contributed by atoms with van der Waals surface area (Å²) in [6, 6.07) is 9.28. The molecular weight excluding hydrogens is 292 g/mol. The van der Waals surface area contributed by atoms with Gasteiger partial charge >= 0.3 is 0 Å². The first-order valence-corrected chi connectivity index (χ1v) is 8.09. The van der Waals surface area contributed by atoms with Gasteiger partial charge in [-0.1, -0.05) is 25.1 Å². The van der Waals surface area contributed by atoms with Gasteiger partial charge < -0.3 is 16.0 Å². The van der Waals surface area contributed by atoms with Crippen LogP contribution in [0.25, 0.3) is 0 Å². The fourth-order valence-corrected chi connectivity index (χ4v) is 2.56. The molecule has 1 heterocycles. The van der Waals surface area contributed by atoms with E-state index in [2.05, 4.69) is 10.2 Å². The van der Waals surface area contributed by atoms with E-state index in [1.54, 1.807) is 0 Å². The number of para-hydroxylation sites is 1. The number of carbonyl (C=O) groups excluding carboxylic acids is 2. The second kappa shape index (κ2) is 8.08. The highest BCUT2D eigenvalue weighted by molar-refractivity contribution is 5.92. The Kier molecular flexibility index (Phi) is 6.12. The van der Waals surface area contributed by atoms with Crippen molar-refractivity contribution >= 4 is 17.5 Å². The number of carbonyl (C=O) groups is 2. The molecule has 6 heteroatoms. The van der Waals surface area contributed by atoms with E-state index >= 15 is 0 Å². The van der Waals surface area contributed by atoms with Gasteiger partial charge in [0.2, 0.25) is 11.8 Å². The molecule has 0 radical (unpaired) electrons. The number of hydrogen-bond donors (Lipinski definition) is 2. The number of nitrogens with one attached hydrogen (secondary N) is 1. The van der Waals surface area contributed by atoms with Crippen LogP contribution in [0.4, 0.5) is 5.69 Å². The second-order valence-corrected chi connectivity index (χ2v) is 6.16. The molecule has 23 heavy (non-hydrogen) atoms. The van der Waals surface area contributed by atoms with E-state index < -0.39 is 0 Å². The maximum absolute atomic E-state index is 12.3. The summed E-state index contributed by atoms with van der Waals surface area (Å²) in [6.07, 6.45) is 0. The highest BCUT2D eigenvalue weighted by Gasteiger charge is 2.27. The molecule has 0 aromatic heterocycles. The maximum atomic E-state index is 12.3. The first kappa shape index (κ1) is 17.4. The molecule has 1 aromatic rings. The van der Waals surface area contributed by atoms with Crippen LogP contribution in [0.3, 0.4) is 0 Å². The van der Waals surface area contributed by atoms with Crippen molar-refractivity contribution in [2.24, 2.45) is 11.7 Å². The molecule has 0 saturated carbocycles. The van der Waals surface area contributed by atoms with Gasteiger partial charge in [0.1, 0.15) is 0 Å². The fraction of sp³-hybridized carbons (Fsp3) is 0.529. The van der Waals surface area contributed by atoms with Crippen molar-refractivity contribution in [2.45, 2.75) is 19.9 Å². The minimum absolute atomic E-state index is 0.0278. The van der Waals surface area contributed by atoms with E-state index in [0.717, 1.165) is 5.69 Å². The summed E-state index contributed by atoms with van der Waals surface area (Å²) in [5.41, 5.74) is 6.60. The molecule has 2 unspecified atom stereocenters. The molecule has 2 rings (SSSR count). The zero-order valence-electron chi connectivity index (χ0n) is 13.9. The topological polar surface area (TPSA) is 78.7 Å². The molecular formula is C17H26N4O2. The van der Waals surface area contributed by atoms with Gasteiger partial charge in [-0.2, -0.15) is 0 Å². The van der Waals surface area contributed by atoms with Crippen LogP contribution in [-0.2, 0) is 9.59 Å². The molecule has 2 atom stereocenters.